The molecule has 2 aromatic rings. The minimum atomic E-state index is -0.401. The minimum Gasteiger partial charge on any atom is -0.353 e. The summed E-state index contributed by atoms with van der Waals surface area (Å²) in [5, 5.41) is 2.92. The molecule has 3 heterocycles. The summed E-state index contributed by atoms with van der Waals surface area (Å²) in [5.41, 5.74) is 3.60. The lowest BCUT2D eigenvalue weighted by Gasteiger charge is -2.41. The predicted octanol–water partition coefficient (Wildman–Crippen LogP) is 1.71. The highest BCUT2D eigenvalue weighted by molar-refractivity contribution is 5.89. The van der Waals surface area contributed by atoms with E-state index < -0.39 is 6.04 Å². The van der Waals surface area contributed by atoms with Gasteiger partial charge in [-0.3, -0.25) is 19.5 Å². The van der Waals surface area contributed by atoms with Crippen LogP contribution in [0.4, 0.5) is 0 Å². The SMILES string of the molecule is Cc1cccc(CN2CCNC(=O)[C@@H]2CC(=O)N2CC(c3ccncc3)C2)c1. The van der Waals surface area contributed by atoms with E-state index in [0.29, 0.717) is 19.0 Å². The van der Waals surface area contributed by atoms with Crippen LogP contribution in [-0.2, 0) is 16.1 Å². The van der Waals surface area contributed by atoms with Gasteiger partial charge in [-0.25, -0.2) is 0 Å². The number of amides is 2. The first-order chi connectivity index (χ1) is 13.6. The monoisotopic (exact) mass is 378 g/mol. The van der Waals surface area contributed by atoms with Gasteiger partial charge in [0.2, 0.25) is 11.8 Å². The van der Waals surface area contributed by atoms with Gasteiger partial charge in [0.05, 0.1) is 12.5 Å². The second-order valence-electron chi connectivity index (χ2n) is 7.75. The number of aryl methyl sites for hydroxylation is 1. The van der Waals surface area contributed by atoms with Gasteiger partial charge in [-0.1, -0.05) is 29.8 Å². The first-order valence-electron chi connectivity index (χ1n) is 9.85. The van der Waals surface area contributed by atoms with E-state index >= 15 is 0 Å². The van der Waals surface area contributed by atoms with Crippen LogP contribution in [0.25, 0.3) is 0 Å². The van der Waals surface area contributed by atoms with Crippen molar-refractivity contribution in [2.45, 2.75) is 31.8 Å². The summed E-state index contributed by atoms with van der Waals surface area (Å²) in [6.45, 7) is 5.58. The predicted molar refractivity (Wildman–Crippen MR) is 107 cm³/mol. The third kappa shape index (κ3) is 4.07. The summed E-state index contributed by atoms with van der Waals surface area (Å²) in [5.74, 6) is 0.385. The molecule has 2 aliphatic rings. The van der Waals surface area contributed by atoms with Gasteiger partial charge in [-0.2, -0.15) is 0 Å². The fourth-order valence-electron chi connectivity index (χ4n) is 4.04. The lowest BCUT2D eigenvalue weighted by atomic mass is 9.91. The fourth-order valence-corrected chi connectivity index (χ4v) is 4.04. The molecule has 0 spiro atoms. The number of carbonyl (C=O) groups excluding carboxylic acids is 2. The standard InChI is InChI=1S/C22H26N4O2/c1-16-3-2-4-17(11-16)13-25-10-9-24-22(28)20(25)12-21(27)26-14-19(15-26)18-5-7-23-8-6-18/h2-8,11,19-20H,9-10,12-15H2,1H3,(H,24,28)/t20-/m0/s1. The number of hydrogen-bond acceptors (Lipinski definition) is 4. The van der Waals surface area contributed by atoms with Gasteiger partial charge < -0.3 is 10.2 Å². The highest BCUT2D eigenvalue weighted by Gasteiger charge is 2.37. The summed E-state index contributed by atoms with van der Waals surface area (Å²) < 4.78 is 0. The van der Waals surface area contributed by atoms with Gasteiger partial charge in [0.25, 0.3) is 0 Å². The largest absolute Gasteiger partial charge is 0.353 e. The van der Waals surface area contributed by atoms with E-state index in [0.717, 1.165) is 19.6 Å². The molecule has 6 nitrogen and oxygen atoms in total. The Balaban J connectivity index is 1.37. The Morgan fingerprint density at radius 1 is 1.21 bits per heavy atom. The summed E-state index contributed by atoms with van der Waals surface area (Å²) in [6.07, 6.45) is 3.81. The van der Waals surface area contributed by atoms with E-state index in [2.05, 4.69) is 40.3 Å². The van der Waals surface area contributed by atoms with Crippen LogP contribution in [0.1, 0.15) is 29.0 Å². The van der Waals surface area contributed by atoms with Crippen LogP contribution in [-0.4, -0.2) is 58.8 Å². The van der Waals surface area contributed by atoms with Crippen molar-refractivity contribution in [3.63, 3.8) is 0 Å². The number of likely N-dealkylation sites (tertiary alicyclic amines) is 1. The van der Waals surface area contributed by atoms with Crippen molar-refractivity contribution in [3.8, 4) is 0 Å². The molecule has 2 saturated heterocycles. The second kappa shape index (κ2) is 8.10. The summed E-state index contributed by atoms with van der Waals surface area (Å²) in [7, 11) is 0. The Morgan fingerprint density at radius 3 is 2.75 bits per heavy atom. The maximum absolute atomic E-state index is 12.8. The Kier molecular flexibility index (Phi) is 5.39. The van der Waals surface area contributed by atoms with Crippen molar-refractivity contribution in [1.82, 2.24) is 20.1 Å². The van der Waals surface area contributed by atoms with Crippen molar-refractivity contribution in [3.05, 3.63) is 65.5 Å². The second-order valence-corrected chi connectivity index (χ2v) is 7.75. The van der Waals surface area contributed by atoms with Crippen molar-refractivity contribution < 1.29 is 9.59 Å². The molecule has 1 aromatic heterocycles. The number of nitrogens with zero attached hydrogens (tertiary/aromatic N) is 3. The molecule has 0 unspecified atom stereocenters. The van der Waals surface area contributed by atoms with E-state index in [4.69, 9.17) is 0 Å². The van der Waals surface area contributed by atoms with Gasteiger partial charge in [-0.15, -0.1) is 0 Å². The first kappa shape index (κ1) is 18.6. The van der Waals surface area contributed by atoms with Crippen molar-refractivity contribution in [1.29, 1.82) is 0 Å². The quantitative estimate of drug-likeness (QED) is 0.860. The number of aromatic nitrogens is 1. The maximum Gasteiger partial charge on any atom is 0.237 e. The fraction of sp³-hybridized carbons (Fsp3) is 0.409. The average Bonchev–Trinajstić information content (AvgIpc) is 2.64. The normalized spacial score (nSPS) is 20.5. The van der Waals surface area contributed by atoms with Gasteiger partial charge in [0, 0.05) is 51.0 Å². The van der Waals surface area contributed by atoms with Crippen LogP contribution in [0.2, 0.25) is 0 Å². The average molecular weight is 378 g/mol. The Labute approximate surface area is 165 Å². The molecule has 1 atom stereocenters. The molecule has 0 saturated carbocycles. The van der Waals surface area contributed by atoms with Crippen LogP contribution in [0.15, 0.2) is 48.8 Å². The van der Waals surface area contributed by atoms with Crippen LogP contribution >= 0.6 is 0 Å². The highest BCUT2D eigenvalue weighted by atomic mass is 16.2. The lowest BCUT2D eigenvalue weighted by molar-refractivity contribution is -0.142. The zero-order valence-corrected chi connectivity index (χ0v) is 16.2. The van der Waals surface area contributed by atoms with Crippen LogP contribution in [0.5, 0.6) is 0 Å². The molecule has 2 amide bonds. The summed E-state index contributed by atoms with van der Waals surface area (Å²) in [6, 6.07) is 11.9. The third-order valence-electron chi connectivity index (χ3n) is 5.69. The van der Waals surface area contributed by atoms with E-state index in [1.54, 1.807) is 12.4 Å². The van der Waals surface area contributed by atoms with Crippen LogP contribution in [0.3, 0.4) is 0 Å². The molecule has 2 aliphatic heterocycles. The van der Waals surface area contributed by atoms with Gasteiger partial charge >= 0.3 is 0 Å². The van der Waals surface area contributed by atoms with Crippen LogP contribution in [0, 0.1) is 6.92 Å². The number of piperazine rings is 1. The summed E-state index contributed by atoms with van der Waals surface area (Å²) >= 11 is 0. The molecule has 0 bridgehead atoms. The van der Waals surface area contributed by atoms with Gasteiger partial charge in [-0.05, 0) is 30.2 Å². The number of nitrogens with one attached hydrogen (secondary N) is 1. The molecule has 146 valence electrons. The molecule has 2 fully saturated rings. The van der Waals surface area contributed by atoms with Crippen molar-refractivity contribution in [2.24, 2.45) is 0 Å². The van der Waals surface area contributed by atoms with Gasteiger partial charge in [0.15, 0.2) is 0 Å². The number of carbonyl (C=O) groups is 2. The zero-order valence-electron chi connectivity index (χ0n) is 16.2. The molecule has 6 heteroatoms. The third-order valence-corrected chi connectivity index (χ3v) is 5.69. The highest BCUT2D eigenvalue weighted by Crippen LogP contribution is 2.27. The number of rotatable bonds is 5. The first-order valence-corrected chi connectivity index (χ1v) is 9.85. The molecule has 4 rings (SSSR count). The Hall–Kier alpha value is -2.73. The Morgan fingerprint density at radius 2 is 2.00 bits per heavy atom. The topological polar surface area (TPSA) is 65.5 Å². The van der Waals surface area contributed by atoms with E-state index in [1.165, 1.54) is 16.7 Å². The minimum absolute atomic E-state index is 0.0431. The molecule has 1 aromatic carbocycles. The zero-order chi connectivity index (χ0) is 19.5. The molecular weight excluding hydrogens is 352 g/mol. The van der Waals surface area contributed by atoms with Crippen molar-refractivity contribution >= 4 is 11.8 Å². The molecule has 0 aliphatic carbocycles. The smallest absolute Gasteiger partial charge is 0.237 e. The van der Waals surface area contributed by atoms with Crippen molar-refractivity contribution in [2.75, 3.05) is 26.2 Å². The number of pyridine rings is 1. The lowest BCUT2D eigenvalue weighted by Crippen LogP contribution is -2.57. The molecule has 1 N–H and O–H groups in total. The van der Waals surface area contributed by atoms with E-state index in [9.17, 15) is 9.59 Å². The van der Waals surface area contributed by atoms with Crippen LogP contribution < -0.4 is 5.32 Å². The number of benzene rings is 1. The molecule has 0 radical (unpaired) electrons. The number of hydrogen-bond donors (Lipinski definition) is 1. The van der Waals surface area contributed by atoms with Gasteiger partial charge in [0.1, 0.15) is 0 Å². The van der Waals surface area contributed by atoms with E-state index in [-0.39, 0.29) is 18.2 Å². The molecular formula is C22H26N4O2. The van der Waals surface area contributed by atoms with E-state index in [1.807, 2.05) is 23.1 Å². The summed E-state index contributed by atoms with van der Waals surface area (Å²) in [4.78, 5) is 33.3. The molecule has 28 heavy (non-hydrogen) atoms. The Bertz CT molecular complexity index is 849. The maximum atomic E-state index is 12.8.